The van der Waals surface area contributed by atoms with Crippen LogP contribution >= 0.6 is 0 Å². The van der Waals surface area contributed by atoms with E-state index in [9.17, 15) is 0 Å². The Kier molecular flexibility index (Phi) is 5.55. The molecule has 5 nitrogen and oxygen atoms in total. The minimum Gasteiger partial charge on any atom is -0.491 e. The van der Waals surface area contributed by atoms with Crippen molar-refractivity contribution >= 4 is 17.7 Å². The Bertz CT molecular complexity index is 1020. The molecule has 156 valence electrons. The monoisotopic (exact) mass is 406 g/mol. The Morgan fingerprint density at radius 3 is 2.87 bits per heavy atom. The van der Waals surface area contributed by atoms with Gasteiger partial charge in [0.05, 0.1) is 12.2 Å². The molecule has 0 aliphatic carbocycles. The standard InChI is InChI=1S/C25H26O5/c1-4-12-28-23-15-19(27-13-11-26)6-7-20(23)18-14-17-5-8-22-21(24(17)29-16-18)9-10-25(2,3)30-22/h4-10,14-15,26H,1,11-13,16H2,2-3H3. The number of rotatable bonds is 7. The maximum absolute atomic E-state index is 8.99. The fraction of sp³-hybridized carbons (Fsp3) is 0.280. The van der Waals surface area contributed by atoms with Crippen LogP contribution in [0.2, 0.25) is 0 Å². The second-order valence-corrected chi connectivity index (χ2v) is 7.72. The minimum absolute atomic E-state index is 0.0416. The normalized spacial score (nSPS) is 15.8. The molecule has 2 aromatic rings. The Hall–Kier alpha value is -3.18. The number of ether oxygens (including phenoxy) is 4. The maximum atomic E-state index is 8.99. The summed E-state index contributed by atoms with van der Waals surface area (Å²) in [6.45, 7) is 8.78. The van der Waals surface area contributed by atoms with Crippen LogP contribution in [0.4, 0.5) is 0 Å². The van der Waals surface area contributed by atoms with E-state index in [2.05, 4.69) is 18.7 Å². The van der Waals surface area contributed by atoms with Gasteiger partial charge in [0.15, 0.2) is 0 Å². The van der Waals surface area contributed by atoms with Crippen LogP contribution in [0.3, 0.4) is 0 Å². The molecule has 0 spiro atoms. The smallest absolute Gasteiger partial charge is 0.137 e. The Morgan fingerprint density at radius 2 is 2.07 bits per heavy atom. The summed E-state index contributed by atoms with van der Waals surface area (Å²) in [5.41, 5.74) is 3.59. The minimum atomic E-state index is -0.325. The summed E-state index contributed by atoms with van der Waals surface area (Å²) in [7, 11) is 0. The van der Waals surface area contributed by atoms with E-state index >= 15 is 0 Å². The van der Waals surface area contributed by atoms with Crippen LogP contribution in [0.25, 0.3) is 17.7 Å². The molecule has 1 N–H and O–H groups in total. The molecule has 2 aromatic carbocycles. The first-order valence-electron chi connectivity index (χ1n) is 10.0. The lowest BCUT2D eigenvalue weighted by Crippen LogP contribution is -2.27. The van der Waals surface area contributed by atoms with Gasteiger partial charge in [-0.15, -0.1) is 0 Å². The van der Waals surface area contributed by atoms with E-state index in [4.69, 9.17) is 24.1 Å². The van der Waals surface area contributed by atoms with Gasteiger partial charge in [-0.3, -0.25) is 0 Å². The number of hydrogen-bond acceptors (Lipinski definition) is 5. The topological polar surface area (TPSA) is 57.2 Å². The molecule has 0 saturated carbocycles. The second kappa shape index (κ2) is 8.28. The molecule has 2 heterocycles. The van der Waals surface area contributed by atoms with E-state index < -0.39 is 0 Å². The van der Waals surface area contributed by atoms with Gasteiger partial charge in [0.25, 0.3) is 0 Å². The lowest BCUT2D eigenvalue weighted by Gasteiger charge is -2.30. The number of hydrogen-bond donors (Lipinski definition) is 1. The summed E-state index contributed by atoms with van der Waals surface area (Å²) in [5, 5.41) is 8.99. The predicted octanol–water partition coefficient (Wildman–Crippen LogP) is 4.74. The van der Waals surface area contributed by atoms with E-state index in [1.54, 1.807) is 6.08 Å². The molecule has 0 bridgehead atoms. The molecule has 0 saturated heterocycles. The van der Waals surface area contributed by atoms with Gasteiger partial charge < -0.3 is 24.1 Å². The second-order valence-electron chi connectivity index (χ2n) is 7.72. The third-order valence-corrected chi connectivity index (χ3v) is 4.93. The number of aliphatic hydroxyl groups is 1. The van der Waals surface area contributed by atoms with E-state index in [-0.39, 0.29) is 18.8 Å². The van der Waals surface area contributed by atoms with Crippen molar-refractivity contribution in [3.8, 4) is 23.0 Å². The molecular weight excluding hydrogens is 380 g/mol. The van der Waals surface area contributed by atoms with Gasteiger partial charge in [-0.25, -0.2) is 0 Å². The van der Waals surface area contributed by atoms with Crippen LogP contribution in [0.1, 0.15) is 30.5 Å². The largest absolute Gasteiger partial charge is 0.491 e. The van der Waals surface area contributed by atoms with Gasteiger partial charge in [0.1, 0.15) is 48.4 Å². The zero-order chi connectivity index (χ0) is 21.1. The van der Waals surface area contributed by atoms with Crippen LogP contribution in [0.15, 0.2) is 49.1 Å². The molecule has 0 atom stereocenters. The van der Waals surface area contributed by atoms with Crippen LogP contribution in [0, 0.1) is 0 Å². The average molecular weight is 406 g/mol. The molecule has 2 aliphatic heterocycles. The molecule has 0 fully saturated rings. The SMILES string of the molecule is C=CCOc1cc(OCCO)ccc1C1=Cc2ccc3c(c2OC1)C=CC(C)(C)O3. The fourth-order valence-electron chi connectivity index (χ4n) is 3.55. The molecule has 30 heavy (non-hydrogen) atoms. The average Bonchev–Trinajstić information content (AvgIpc) is 2.75. The summed E-state index contributed by atoms with van der Waals surface area (Å²) in [6.07, 6.45) is 7.94. The van der Waals surface area contributed by atoms with Crippen LogP contribution in [-0.4, -0.2) is 37.1 Å². The lowest BCUT2D eigenvalue weighted by molar-refractivity contribution is 0.158. The Balaban J connectivity index is 1.69. The third kappa shape index (κ3) is 4.07. The summed E-state index contributed by atoms with van der Waals surface area (Å²) in [6, 6.07) is 9.66. The van der Waals surface area contributed by atoms with Crippen molar-refractivity contribution < 1.29 is 24.1 Å². The Morgan fingerprint density at radius 1 is 1.20 bits per heavy atom. The van der Waals surface area contributed by atoms with E-state index in [0.717, 1.165) is 33.8 Å². The zero-order valence-corrected chi connectivity index (χ0v) is 17.3. The zero-order valence-electron chi connectivity index (χ0n) is 17.3. The third-order valence-electron chi connectivity index (χ3n) is 4.93. The molecule has 4 rings (SSSR count). The van der Waals surface area contributed by atoms with Crippen molar-refractivity contribution in [3.63, 3.8) is 0 Å². The molecule has 0 aromatic heterocycles. The van der Waals surface area contributed by atoms with E-state index in [1.165, 1.54) is 0 Å². The van der Waals surface area contributed by atoms with Crippen molar-refractivity contribution in [2.45, 2.75) is 19.4 Å². The van der Waals surface area contributed by atoms with E-state index in [0.29, 0.717) is 24.7 Å². The molecule has 0 unspecified atom stereocenters. The van der Waals surface area contributed by atoms with Gasteiger partial charge in [0, 0.05) is 22.8 Å². The maximum Gasteiger partial charge on any atom is 0.137 e. The van der Waals surface area contributed by atoms with E-state index in [1.807, 2.05) is 50.3 Å². The molecule has 2 aliphatic rings. The predicted molar refractivity (Wildman–Crippen MR) is 118 cm³/mol. The van der Waals surface area contributed by atoms with Crippen molar-refractivity contribution in [1.82, 2.24) is 0 Å². The van der Waals surface area contributed by atoms with Crippen molar-refractivity contribution in [3.05, 3.63) is 65.8 Å². The van der Waals surface area contributed by atoms with Gasteiger partial charge in [-0.2, -0.15) is 0 Å². The summed E-state index contributed by atoms with van der Waals surface area (Å²) in [5.74, 6) is 2.99. The quantitative estimate of drug-likeness (QED) is 0.673. The number of benzene rings is 2. The molecular formula is C25H26O5. The molecule has 5 heteroatoms. The molecule has 0 radical (unpaired) electrons. The highest BCUT2D eigenvalue weighted by molar-refractivity contribution is 5.90. The highest BCUT2D eigenvalue weighted by Gasteiger charge is 2.27. The lowest BCUT2D eigenvalue weighted by atomic mass is 9.95. The molecule has 0 amide bonds. The summed E-state index contributed by atoms with van der Waals surface area (Å²) >= 11 is 0. The summed E-state index contributed by atoms with van der Waals surface area (Å²) < 4.78 is 23.6. The van der Waals surface area contributed by atoms with Gasteiger partial charge in [0.2, 0.25) is 0 Å². The number of aliphatic hydroxyl groups excluding tert-OH is 1. The van der Waals surface area contributed by atoms with Crippen molar-refractivity contribution in [1.29, 1.82) is 0 Å². The first-order chi connectivity index (χ1) is 14.5. The number of fused-ring (bicyclic) bond motifs is 3. The van der Waals surface area contributed by atoms with Crippen molar-refractivity contribution in [2.75, 3.05) is 26.4 Å². The van der Waals surface area contributed by atoms with Gasteiger partial charge in [-0.05, 0) is 56.3 Å². The summed E-state index contributed by atoms with van der Waals surface area (Å²) in [4.78, 5) is 0. The fourth-order valence-corrected chi connectivity index (χ4v) is 3.55. The van der Waals surface area contributed by atoms with Crippen LogP contribution < -0.4 is 18.9 Å². The van der Waals surface area contributed by atoms with Gasteiger partial charge in [-0.1, -0.05) is 12.7 Å². The Labute approximate surface area is 176 Å². The first-order valence-corrected chi connectivity index (χ1v) is 10.0. The highest BCUT2D eigenvalue weighted by Crippen LogP contribution is 2.43. The highest BCUT2D eigenvalue weighted by atomic mass is 16.5. The van der Waals surface area contributed by atoms with Crippen molar-refractivity contribution in [2.24, 2.45) is 0 Å². The first kappa shape index (κ1) is 20.1. The van der Waals surface area contributed by atoms with Gasteiger partial charge >= 0.3 is 0 Å². The van der Waals surface area contributed by atoms with Crippen LogP contribution in [-0.2, 0) is 0 Å². The van der Waals surface area contributed by atoms with Crippen LogP contribution in [0.5, 0.6) is 23.0 Å².